The third kappa shape index (κ3) is 10.2. The van der Waals surface area contributed by atoms with E-state index in [2.05, 4.69) is 32.0 Å². The van der Waals surface area contributed by atoms with Crippen LogP contribution in [0.5, 0.6) is 5.75 Å². The Labute approximate surface area is 328 Å². The molecule has 0 unspecified atom stereocenters. The molecule has 56 heavy (non-hydrogen) atoms. The van der Waals surface area contributed by atoms with Gasteiger partial charge in [0.2, 0.25) is 0 Å². The molecule has 0 atom stereocenters. The largest absolute Gasteiger partial charge is 0.492 e. The molecule has 3 heterocycles. The molecule has 1 aliphatic heterocycles. The van der Waals surface area contributed by atoms with Gasteiger partial charge in [0.15, 0.2) is 0 Å². The molecular formula is C40H37N7O7S2. The van der Waals surface area contributed by atoms with E-state index >= 15 is 0 Å². The van der Waals surface area contributed by atoms with Crippen molar-refractivity contribution in [1.29, 1.82) is 0 Å². The number of benzene rings is 3. The highest BCUT2D eigenvalue weighted by Crippen LogP contribution is 2.28. The van der Waals surface area contributed by atoms with Crippen LogP contribution in [0.1, 0.15) is 38.8 Å². The van der Waals surface area contributed by atoms with Gasteiger partial charge < -0.3 is 19.9 Å². The van der Waals surface area contributed by atoms with Gasteiger partial charge in [-0.15, -0.1) is 11.8 Å². The molecule has 0 bridgehead atoms. The van der Waals surface area contributed by atoms with E-state index in [-0.39, 0.29) is 17.2 Å². The maximum atomic E-state index is 13.4. The summed E-state index contributed by atoms with van der Waals surface area (Å²) in [5.74, 6) is 6.27. The average molecular weight is 792 g/mol. The standard InChI is InChI=1S/C40H37N7O7S2/c1-2-54-34-23-30(26-42-28-34)9-8-29-22-32(27-41-25-29)40(49)46-19-17-45(18-20-46)33-12-10-31(11-13-33)39(48)44-56(52,53)36-14-15-37(38(24-36)47(50)51)43-16-21-55-35-6-4-3-5-7-35/h3-7,10-15,22-28,43H,2,16-21H2,1H3,(H,44,48). The number of carbonyl (C=O) groups excluding carboxylic acids is 2. The summed E-state index contributed by atoms with van der Waals surface area (Å²) < 4.78 is 33.7. The second kappa shape index (κ2) is 18.3. The number of thioether (sulfide) groups is 1. The molecule has 1 saturated heterocycles. The Hall–Kier alpha value is -6.44. The van der Waals surface area contributed by atoms with E-state index < -0.39 is 31.4 Å². The third-order valence-corrected chi connectivity index (χ3v) is 10.9. The lowest BCUT2D eigenvalue weighted by molar-refractivity contribution is -0.384. The summed E-state index contributed by atoms with van der Waals surface area (Å²) in [4.78, 5) is 50.3. The Morgan fingerprint density at radius 3 is 2.27 bits per heavy atom. The van der Waals surface area contributed by atoms with Crippen LogP contribution >= 0.6 is 11.8 Å². The zero-order valence-corrected chi connectivity index (χ0v) is 31.9. The number of nitro benzene ring substituents is 1. The molecule has 14 nitrogen and oxygen atoms in total. The van der Waals surface area contributed by atoms with Crippen molar-refractivity contribution in [2.45, 2.75) is 16.7 Å². The molecule has 5 aromatic rings. The fraction of sp³-hybridized carbons (Fsp3) is 0.200. The summed E-state index contributed by atoms with van der Waals surface area (Å²) in [5.41, 5.74) is 2.31. The van der Waals surface area contributed by atoms with Gasteiger partial charge in [0.05, 0.1) is 28.2 Å². The van der Waals surface area contributed by atoms with Crippen molar-refractivity contribution in [3.63, 3.8) is 0 Å². The fourth-order valence-electron chi connectivity index (χ4n) is 5.77. The van der Waals surface area contributed by atoms with Crippen LogP contribution in [0.25, 0.3) is 0 Å². The van der Waals surface area contributed by atoms with Gasteiger partial charge in [-0.2, -0.15) is 0 Å². The minimum absolute atomic E-state index is 0.0867. The number of carbonyl (C=O) groups is 2. The summed E-state index contributed by atoms with van der Waals surface area (Å²) >= 11 is 1.58. The molecule has 6 rings (SSSR count). The van der Waals surface area contributed by atoms with Crippen LogP contribution in [0.4, 0.5) is 17.1 Å². The number of hydrogen-bond acceptors (Lipinski definition) is 12. The number of rotatable bonds is 13. The lowest BCUT2D eigenvalue weighted by atomic mass is 10.1. The van der Waals surface area contributed by atoms with Crippen LogP contribution in [0.3, 0.4) is 0 Å². The van der Waals surface area contributed by atoms with E-state index in [1.54, 1.807) is 59.5 Å². The maximum absolute atomic E-state index is 13.4. The first-order chi connectivity index (χ1) is 27.1. The van der Waals surface area contributed by atoms with Crippen molar-refractivity contribution in [2.24, 2.45) is 0 Å². The SMILES string of the molecule is CCOc1cncc(C#Cc2cncc(C(=O)N3CCN(c4ccc(C(=O)NS(=O)(=O)c5ccc(NCCSc6ccccc6)c([N+](=O)[O-])c5)cc4)CC3)c2)c1. The van der Waals surface area contributed by atoms with E-state index in [0.29, 0.717) is 67.5 Å². The first-order valence-corrected chi connectivity index (χ1v) is 20.0. The normalized spacial score (nSPS) is 12.6. The summed E-state index contributed by atoms with van der Waals surface area (Å²) in [5, 5.41) is 14.8. The Balaban J connectivity index is 1.01. The predicted molar refractivity (Wildman–Crippen MR) is 214 cm³/mol. The van der Waals surface area contributed by atoms with Crippen LogP contribution in [0.15, 0.2) is 120 Å². The molecule has 3 aromatic carbocycles. The number of pyridine rings is 2. The van der Waals surface area contributed by atoms with Crippen molar-refractivity contribution in [3.05, 3.63) is 142 Å². The van der Waals surface area contributed by atoms with Gasteiger partial charge in [0, 0.05) is 90.4 Å². The minimum atomic E-state index is -4.43. The lowest BCUT2D eigenvalue weighted by Gasteiger charge is -2.36. The van der Waals surface area contributed by atoms with Crippen LogP contribution in [0.2, 0.25) is 0 Å². The number of nitrogens with one attached hydrogen (secondary N) is 2. The molecule has 2 amide bonds. The molecule has 1 fully saturated rings. The molecule has 0 saturated carbocycles. The summed E-state index contributed by atoms with van der Waals surface area (Å²) in [6.07, 6.45) is 6.36. The Morgan fingerprint density at radius 1 is 0.875 bits per heavy atom. The number of nitrogens with zero attached hydrogens (tertiary/aromatic N) is 5. The van der Waals surface area contributed by atoms with E-state index in [1.807, 2.05) is 42.0 Å². The van der Waals surface area contributed by atoms with Gasteiger partial charge in [-0.25, -0.2) is 13.1 Å². The van der Waals surface area contributed by atoms with Crippen molar-refractivity contribution in [2.75, 3.05) is 55.3 Å². The van der Waals surface area contributed by atoms with Crippen LogP contribution < -0.4 is 19.7 Å². The van der Waals surface area contributed by atoms with Gasteiger partial charge in [0.1, 0.15) is 11.4 Å². The summed E-state index contributed by atoms with van der Waals surface area (Å²) in [6, 6.07) is 23.1. The third-order valence-electron chi connectivity index (χ3n) is 8.55. The highest BCUT2D eigenvalue weighted by molar-refractivity contribution is 7.99. The molecule has 2 N–H and O–H groups in total. The van der Waals surface area contributed by atoms with E-state index in [9.17, 15) is 28.1 Å². The Morgan fingerprint density at radius 2 is 1.57 bits per heavy atom. The van der Waals surface area contributed by atoms with Crippen molar-refractivity contribution < 1.29 is 27.7 Å². The molecule has 0 radical (unpaired) electrons. The molecule has 16 heteroatoms. The zero-order valence-electron chi connectivity index (χ0n) is 30.3. The van der Waals surface area contributed by atoms with Gasteiger partial charge in [-0.05, 0) is 67.6 Å². The Kier molecular flexibility index (Phi) is 12.8. The lowest BCUT2D eigenvalue weighted by Crippen LogP contribution is -2.48. The topological polar surface area (TPSA) is 177 Å². The number of ether oxygens (including phenoxy) is 1. The van der Waals surface area contributed by atoms with Crippen molar-refractivity contribution in [1.82, 2.24) is 19.6 Å². The second-order valence-electron chi connectivity index (χ2n) is 12.3. The first-order valence-electron chi connectivity index (χ1n) is 17.6. The van der Waals surface area contributed by atoms with Crippen molar-refractivity contribution in [3.8, 4) is 17.6 Å². The average Bonchev–Trinajstić information content (AvgIpc) is 3.22. The van der Waals surface area contributed by atoms with Gasteiger partial charge in [-0.1, -0.05) is 30.0 Å². The smallest absolute Gasteiger partial charge is 0.293 e. The molecule has 1 aliphatic rings. The monoisotopic (exact) mass is 791 g/mol. The highest BCUT2D eigenvalue weighted by Gasteiger charge is 2.25. The number of hydrogen-bond donors (Lipinski definition) is 2. The number of anilines is 2. The molecule has 0 spiro atoms. The quantitative estimate of drug-likeness (QED) is 0.0507. The number of aromatic nitrogens is 2. The second-order valence-corrected chi connectivity index (χ2v) is 15.2. The minimum Gasteiger partial charge on any atom is -0.492 e. The maximum Gasteiger partial charge on any atom is 0.293 e. The van der Waals surface area contributed by atoms with E-state index in [1.165, 1.54) is 30.5 Å². The number of nitro groups is 1. The van der Waals surface area contributed by atoms with Crippen LogP contribution in [0, 0.1) is 22.0 Å². The predicted octanol–water partition coefficient (Wildman–Crippen LogP) is 5.47. The van der Waals surface area contributed by atoms with Gasteiger partial charge >= 0.3 is 0 Å². The zero-order chi connectivity index (χ0) is 39.5. The van der Waals surface area contributed by atoms with E-state index in [4.69, 9.17) is 4.74 Å². The molecule has 286 valence electrons. The number of sulfonamides is 1. The number of piperazine rings is 1. The summed E-state index contributed by atoms with van der Waals surface area (Å²) in [7, 11) is -4.43. The number of amides is 2. The summed E-state index contributed by atoms with van der Waals surface area (Å²) in [6.45, 7) is 4.75. The molecule has 2 aromatic heterocycles. The molecule has 0 aliphatic carbocycles. The first kappa shape index (κ1) is 39.3. The Bertz CT molecular complexity index is 2380. The van der Waals surface area contributed by atoms with Crippen molar-refractivity contribution >= 4 is 50.7 Å². The highest BCUT2D eigenvalue weighted by atomic mass is 32.2. The van der Waals surface area contributed by atoms with Crippen LogP contribution in [-0.4, -0.2) is 85.1 Å². The van der Waals surface area contributed by atoms with Gasteiger partial charge in [0.25, 0.3) is 27.5 Å². The molecular weight excluding hydrogens is 755 g/mol. The van der Waals surface area contributed by atoms with E-state index in [0.717, 1.165) is 16.6 Å². The van der Waals surface area contributed by atoms with Crippen LogP contribution in [-0.2, 0) is 10.0 Å². The fourth-order valence-corrected chi connectivity index (χ4v) is 7.55. The van der Waals surface area contributed by atoms with Gasteiger partial charge in [-0.3, -0.25) is 29.7 Å².